The molecule has 22 heavy (non-hydrogen) atoms. The Labute approximate surface area is 125 Å². The number of halogens is 2. The van der Waals surface area contributed by atoms with E-state index in [4.69, 9.17) is 0 Å². The van der Waals surface area contributed by atoms with Crippen molar-refractivity contribution in [3.05, 3.63) is 35.4 Å². The van der Waals surface area contributed by atoms with Crippen LogP contribution in [0.15, 0.2) is 18.2 Å². The third kappa shape index (κ3) is 4.23. The van der Waals surface area contributed by atoms with Crippen molar-refractivity contribution in [3.63, 3.8) is 0 Å². The number of ether oxygens (including phenoxy) is 1. The SMILES string of the molecule is O=C(COC(=O)c1ccc(F)cc1F)NC1CCS(=O)(=O)C1. The summed E-state index contributed by atoms with van der Waals surface area (Å²) in [5.74, 6) is -3.87. The van der Waals surface area contributed by atoms with Gasteiger partial charge in [-0.15, -0.1) is 0 Å². The number of esters is 1. The van der Waals surface area contributed by atoms with Gasteiger partial charge < -0.3 is 10.1 Å². The molecule has 1 atom stereocenters. The summed E-state index contributed by atoms with van der Waals surface area (Å²) in [6, 6.07) is 1.82. The van der Waals surface area contributed by atoms with Crippen LogP contribution in [-0.2, 0) is 19.4 Å². The molecule has 6 nitrogen and oxygen atoms in total. The summed E-state index contributed by atoms with van der Waals surface area (Å²) >= 11 is 0. The molecule has 1 unspecified atom stereocenters. The molecule has 0 radical (unpaired) electrons. The lowest BCUT2D eigenvalue weighted by molar-refractivity contribution is -0.124. The summed E-state index contributed by atoms with van der Waals surface area (Å²) < 4.78 is 53.1. The van der Waals surface area contributed by atoms with E-state index < -0.39 is 51.6 Å². The highest BCUT2D eigenvalue weighted by molar-refractivity contribution is 7.91. The van der Waals surface area contributed by atoms with Gasteiger partial charge in [0.1, 0.15) is 11.6 Å². The molecule has 1 aliphatic heterocycles. The number of amides is 1. The molecule has 0 aromatic heterocycles. The highest BCUT2D eigenvalue weighted by Gasteiger charge is 2.29. The highest BCUT2D eigenvalue weighted by atomic mass is 32.2. The van der Waals surface area contributed by atoms with Crippen molar-refractivity contribution >= 4 is 21.7 Å². The first-order valence-corrected chi connectivity index (χ1v) is 8.21. The monoisotopic (exact) mass is 333 g/mol. The van der Waals surface area contributed by atoms with E-state index in [9.17, 15) is 26.8 Å². The van der Waals surface area contributed by atoms with E-state index in [1.54, 1.807) is 0 Å². The van der Waals surface area contributed by atoms with Crippen molar-refractivity contribution in [1.29, 1.82) is 0 Å². The van der Waals surface area contributed by atoms with E-state index in [0.717, 1.165) is 12.1 Å². The van der Waals surface area contributed by atoms with E-state index in [2.05, 4.69) is 10.1 Å². The van der Waals surface area contributed by atoms with E-state index >= 15 is 0 Å². The Kier molecular flexibility index (Phi) is 4.74. The van der Waals surface area contributed by atoms with Gasteiger partial charge in [0.15, 0.2) is 16.4 Å². The molecule has 0 aliphatic carbocycles. The Morgan fingerprint density at radius 3 is 2.64 bits per heavy atom. The first kappa shape index (κ1) is 16.3. The first-order valence-electron chi connectivity index (χ1n) is 6.39. The fourth-order valence-electron chi connectivity index (χ4n) is 2.04. The normalized spacial score (nSPS) is 19.6. The summed E-state index contributed by atoms with van der Waals surface area (Å²) in [4.78, 5) is 23.1. The number of carbonyl (C=O) groups excluding carboxylic acids is 2. The fraction of sp³-hybridized carbons (Fsp3) is 0.385. The molecule has 1 fully saturated rings. The maximum atomic E-state index is 13.3. The number of hydrogen-bond donors (Lipinski definition) is 1. The number of benzene rings is 1. The third-order valence-electron chi connectivity index (χ3n) is 3.08. The predicted octanol–water partition coefficient (Wildman–Crippen LogP) is 0.425. The van der Waals surface area contributed by atoms with Crippen molar-refractivity contribution in [2.75, 3.05) is 18.1 Å². The van der Waals surface area contributed by atoms with Crippen LogP contribution in [0.25, 0.3) is 0 Å². The number of carbonyl (C=O) groups is 2. The van der Waals surface area contributed by atoms with Gasteiger partial charge in [0.2, 0.25) is 0 Å². The van der Waals surface area contributed by atoms with Crippen molar-refractivity contribution in [1.82, 2.24) is 5.32 Å². The Morgan fingerprint density at radius 1 is 1.32 bits per heavy atom. The molecule has 1 heterocycles. The predicted molar refractivity (Wildman–Crippen MR) is 71.8 cm³/mol. The first-order chi connectivity index (χ1) is 10.3. The van der Waals surface area contributed by atoms with Crippen LogP contribution >= 0.6 is 0 Å². The standard InChI is InChI=1S/C13H13F2NO5S/c14-8-1-2-10(11(15)5-8)13(18)21-6-12(17)16-9-3-4-22(19,20)7-9/h1-2,5,9H,3-4,6-7H2,(H,16,17). The van der Waals surface area contributed by atoms with Crippen LogP contribution < -0.4 is 5.32 Å². The molecule has 1 amide bonds. The van der Waals surface area contributed by atoms with Crippen LogP contribution in [0.1, 0.15) is 16.8 Å². The topological polar surface area (TPSA) is 89.5 Å². The summed E-state index contributed by atoms with van der Waals surface area (Å²) in [7, 11) is -3.13. The van der Waals surface area contributed by atoms with Crippen LogP contribution in [0.3, 0.4) is 0 Å². The molecule has 0 spiro atoms. The molecule has 1 aromatic carbocycles. The summed E-state index contributed by atoms with van der Waals surface area (Å²) in [5.41, 5.74) is -0.488. The van der Waals surface area contributed by atoms with Gasteiger partial charge in [-0.1, -0.05) is 0 Å². The molecule has 0 saturated carbocycles. The second-order valence-electron chi connectivity index (χ2n) is 4.87. The fourth-order valence-corrected chi connectivity index (χ4v) is 3.72. The van der Waals surface area contributed by atoms with Crippen LogP contribution in [-0.4, -0.2) is 44.4 Å². The van der Waals surface area contributed by atoms with Gasteiger partial charge >= 0.3 is 5.97 Å². The Balaban J connectivity index is 1.84. The number of hydrogen-bond acceptors (Lipinski definition) is 5. The minimum absolute atomic E-state index is 0.00146. The van der Waals surface area contributed by atoms with Crippen LogP contribution in [0.2, 0.25) is 0 Å². The van der Waals surface area contributed by atoms with Gasteiger partial charge in [-0.25, -0.2) is 22.0 Å². The average Bonchev–Trinajstić information content (AvgIpc) is 2.75. The van der Waals surface area contributed by atoms with Gasteiger partial charge in [-0.2, -0.15) is 0 Å². The molecule has 2 rings (SSSR count). The molecule has 9 heteroatoms. The lowest BCUT2D eigenvalue weighted by Crippen LogP contribution is -2.38. The lowest BCUT2D eigenvalue weighted by atomic mass is 10.2. The van der Waals surface area contributed by atoms with Crippen molar-refractivity contribution < 1.29 is 31.5 Å². The second kappa shape index (κ2) is 6.39. The quantitative estimate of drug-likeness (QED) is 0.807. The Hall–Kier alpha value is -2.03. The molecule has 1 N–H and O–H groups in total. The molecule has 0 bridgehead atoms. The van der Waals surface area contributed by atoms with Crippen LogP contribution in [0.5, 0.6) is 0 Å². The maximum absolute atomic E-state index is 13.3. The maximum Gasteiger partial charge on any atom is 0.341 e. The van der Waals surface area contributed by atoms with Gasteiger partial charge in [0.05, 0.1) is 17.1 Å². The Morgan fingerprint density at radius 2 is 2.05 bits per heavy atom. The van der Waals surface area contributed by atoms with E-state index in [-0.39, 0.29) is 11.5 Å². The van der Waals surface area contributed by atoms with Crippen molar-refractivity contribution in [2.45, 2.75) is 12.5 Å². The smallest absolute Gasteiger partial charge is 0.341 e. The minimum Gasteiger partial charge on any atom is -0.452 e. The summed E-state index contributed by atoms with van der Waals surface area (Å²) in [6.07, 6.45) is 0.300. The zero-order chi connectivity index (χ0) is 16.3. The third-order valence-corrected chi connectivity index (χ3v) is 4.85. The van der Waals surface area contributed by atoms with Crippen LogP contribution in [0, 0.1) is 11.6 Å². The second-order valence-corrected chi connectivity index (χ2v) is 7.10. The zero-order valence-corrected chi connectivity index (χ0v) is 12.2. The molecular formula is C13H13F2NO5S. The zero-order valence-electron chi connectivity index (χ0n) is 11.3. The van der Waals surface area contributed by atoms with Crippen molar-refractivity contribution in [2.24, 2.45) is 0 Å². The van der Waals surface area contributed by atoms with E-state index in [0.29, 0.717) is 12.5 Å². The molecular weight excluding hydrogens is 320 g/mol. The van der Waals surface area contributed by atoms with Gasteiger partial charge in [0, 0.05) is 12.1 Å². The van der Waals surface area contributed by atoms with Crippen molar-refractivity contribution in [3.8, 4) is 0 Å². The van der Waals surface area contributed by atoms with Gasteiger partial charge in [0.25, 0.3) is 5.91 Å². The van der Waals surface area contributed by atoms with E-state index in [1.165, 1.54) is 0 Å². The van der Waals surface area contributed by atoms with Crippen LogP contribution in [0.4, 0.5) is 8.78 Å². The summed E-state index contributed by atoms with van der Waals surface area (Å²) in [5, 5.41) is 2.42. The lowest BCUT2D eigenvalue weighted by Gasteiger charge is -2.11. The van der Waals surface area contributed by atoms with Gasteiger partial charge in [-0.3, -0.25) is 4.79 Å². The average molecular weight is 333 g/mol. The highest BCUT2D eigenvalue weighted by Crippen LogP contribution is 2.12. The van der Waals surface area contributed by atoms with Gasteiger partial charge in [-0.05, 0) is 18.6 Å². The molecule has 1 aliphatic rings. The summed E-state index contributed by atoms with van der Waals surface area (Å²) in [6.45, 7) is -0.674. The largest absolute Gasteiger partial charge is 0.452 e. The number of rotatable bonds is 4. The number of sulfone groups is 1. The molecule has 120 valence electrons. The van der Waals surface area contributed by atoms with E-state index in [1.807, 2.05) is 0 Å². The molecule has 1 saturated heterocycles. The number of nitrogens with one attached hydrogen (secondary N) is 1. The Bertz CT molecular complexity index is 704. The molecule has 1 aromatic rings. The minimum atomic E-state index is -3.13.